The third-order valence-electron chi connectivity index (χ3n) is 16.9. The van der Waals surface area contributed by atoms with Gasteiger partial charge in [-0.15, -0.1) is 37.5 Å². The molecule has 0 atom stereocenters. The van der Waals surface area contributed by atoms with Gasteiger partial charge in [-0.05, 0) is 106 Å². The monoisotopic (exact) mass is 1130 g/mol. The molecule has 16 rings (SSSR count). The molecule has 0 saturated carbocycles. The third-order valence-corrected chi connectivity index (χ3v) is 16.9. The zero-order valence-corrected chi connectivity index (χ0v) is 48.6. The number of aryl methyl sites for hydroxylation is 7. The van der Waals surface area contributed by atoms with Gasteiger partial charge in [0.05, 0.1) is 79.7 Å². The minimum Gasteiger partial charge on any atom is -0.250 e. The maximum atomic E-state index is 7.50. The summed E-state index contributed by atoms with van der Waals surface area (Å²) in [5.74, 6) is 0. The van der Waals surface area contributed by atoms with E-state index in [9.17, 15) is 0 Å². The summed E-state index contributed by atoms with van der Waals surface area (Å²) in [6, 6.07) is 34.0. The van der Waals surface area contributed by atoms with Crippen molar-refractivity contribution < 1.29 is 18.7 Å². The lowest BCUT2D eigenvalue weighted by atomic mass is 10.0. The van der Waals surface area contributed by atoms with Crippen molar-refractivity contribution in [1.29, 1.82) is 0 Å². The Balaban J connectivity index is 0.000000107. The molecule has 0 aliphatic carbocycles. The van der Waals surface area contributed by atoms with Crippen LogP contribution in [0.15, 0.2) is 128 Å². The number of nitrogens with zero attached hydrogens (tertiary/aromatic N) is 16. The second kappa shape index (κ2) is 20.5. The SMILES string of the molecule is [C-]#[N+]c1ccc2c[n+]3n(c2c1[N+]#[C-])-c1c(C)cc(C)cc1C3.[C-]#[N+]c1ccc2c[n+]3n(c2c1[N+]#[C-])-c1c(C)cccc1C3.[C-]#[N+]c1ccc2c[n+]3n(c2c1[N+]#[C-])-c1cc(C)c(C)cc1C3.[C-]#[N+]c1ccc2c[n+]3n(c2c1[N+]#[C-])-c1cc(C)cc(C)c1C3. The van der Waals surface area contributed by atoms with Gasteiger partial charge in [0.25, 0.3) is 0 Å². The predicted octanol–water partition coefficient (Wildman–Crippen LogP) is 15.7. The van der Waals surface area contributed by atoms with E-state index in [2.05, 4.69) is 204 Å². The van der Waals surface area contributed by atoms with Crippen molar-refractivity contribution in [2.45, 2.75) is 74.6 Å². The second-order valence-corrected chi connectivity index (χ2v) is 22.3. The zero-order chi connectivity index (χ0) is 60.9. The predicted molar refractivity (Wildman–Crippen MR) is 334 cm³/mol. The third kappa shape index (κ3) is 8.26. The molecule has 410 valence electrons. The molecular weight excluding hydrogens is 1080 g/mol. The number of rotatable bonds is 0. The van der Waals surface area contributed by atoms with Crippen LogP contribution in [0, 0.1) is 101 Å². The maximum absolute atomic E-state index is 7.50. The molecule has 16 nitrogen and oxygen atoms in total. The van der Waals surface area contributed by atoms with E-state index in [0.717, 1.165) is 92.5 Å². The Morgan fingerprint density at radius 1 is 0.322 bits per heavy atom. The molecule has 0 amide bonds. The molecule has 87 heavy (non-hydrogen) atoms. The molecule has 0 bridgehead atoms. The molecule has 16 heteroatoms. The fourth-order valence-corrected chi connectivity index (χ4v) is 13.2. The number of benzene rings is 8. The van der Waals surface area contributed by atoms with Gasteiger partial charge >= 0.3 is 0 Å². The normalized spacial score (nSPS) is 11.8. The highest BCUT2D eigenvalue weighted by molar-refractivity contribution is 6.02. The molecule has 4 aliphatic heterocycles. The molecule has 4 aliphatic rings. The van der Waals surface area contributed by atoms with E-state index >= 15 is 0 Å². The highest BCUT2D eigenvalue weighted by atomic mass is 15.4. The molecule has 0 saturated heterocycles. The van der Waals surface area contributed by atoms with E-state index in [1.165, 1.54) is 61.2 Å². The van der Waals surface area contributed by atoms with Crippen molar-refractivity contribution in [3.63, 3.8) is 0 Å². The van der Waals surface area contributed by atoms with Gasteiger partial charge in [0.15, 0.2) is 48.9 Å². The summed E-state index contributed by atoms with van der Waals surface area (Å²) < 4.78 is 16.9. The van der Waals surface area contributed by atoms with Crippen molar-refractivity contribution in [3.05, 3.63) is 280 Å². The van der Waals surface area contributed by atoms with Gasteiger partial charge in [0.1, 0.15) is 44.8 Å². The average molecular weight is 1130 g/mol. The first-order valence-corrected chi connectivity index (χ1v) is 27.9. The van der Waals surface area contributed by atoms with Crippen LogP contribution in [-0.2, 0) is 26.2 Å². The summed E-state index contributed by atoms with van der Waals surface area (Å²) in [5, 5.41) is 4.01. The van der Waals surface area contributed by atoms with Crippen LogP contribution in [0.5, 0.6) is 0 Å². The average Bonchev–Trinajstić information content (AvgIpc) is 1.64. The van der Waals surface area contributed by atoms with E-state index in [1.54, 1.807) is 24.3 Å². The lowest BCUT2D eigenvalue weighted by molar-refractivity contribution is -0.749. The summed E-state index contributed by atoms with van der Waals surface area (Å²) in [5.41, 5.74) is 25.0. The van der Waals surface area contributed by atoms with Crippen LogP contribution < -0.4 is 18.7 Å². The Labute approximate surface area is 502 Å². The molecule has 8 aromatic carbocycles. The van der Waals surface area contributed by atoms with E-state index in [-0.39, 0.29) is 0 Å². The van der Waals surface area contributed by atoms with E-state index in [0.29, 0.717) is 45.5 Å². The smallest absolute Gasteiger partial charge is 0.224 e. The van der Waals surface area contributed by atoms with Gasteiger partial charge in [-0.3, -0.25) is 19.4 Å². The Hall–Kier alpha value is -12.4. The van der Waals surface area contributed by atoms with Crippen LogP contribution >= 0.6 is 0 Å². The van der Waals surface area contributed by atoms with Gasteiger partial charge < -0.3 is 0 Å². The summed E-state index contributed by atoms with van der Waals surface area (Å²) in [6.45, 7) is 77.0. The molecule has 12 aromatic rings. The van der Waals surface area contributed by atoms with Gasteiger partial charge in [-0.25, -0.2) is 19.4 Å². The highest BCUT2D eigenvalue weighted by Gasteiger charge is 2.36. The van der Waals surface area contributed by atoms with Crippen LogP contribution in [0.4, 0.5) is 45.5 Å². The van der Waals surface area contributed by atoms with E-state index in [1.807, 2.05) is 24.3 Å². The molecule has 8 heterocycles. The minimum atomic E-state index is 0.418. The van der Waals surface area contributed by atoms with E-state index in [4.69, 9.17) is 52.6 Å². The molecule has 0 unspecified atom stereocenters. The molecule has 4 aromatic heterocycles. The Kier molecular flexibility index (Phi) is 12.7. The lowest BCUT2D eigenvalue weighted by Crippen LogP contribution is -2.36. The van der Waals surface area contributed by atoms with Crippen molar-refractivity contribution in [2.24, 2.45) is 0 Å². The van der Waals surface area contributed by atoms with Crippen LogP contribution in [0.1, 0.15) is 61.2 Å². The summed E-state index contributed by atoms with van der Waals surface area (Å²) in [4.78, 5) is 28.5. The second-order valence-electron chi connectivity index (χ2n) is 22.3. The molecule has 0 fully saturated rings. The topological polar surface area (TPSA) is 70.1 Å². The van der Waals surface area contributed by atoms with Crippen molar-refractivity contribution in [2.75, 3.05) is 0 Å². The highest BCUT2D eigenvalue weighted by Crippen LogP contribution is 2.43. The Morgan fingerprint density at radius 2 is 0.713 bits per heavy atom. The Bertz CT molecular complexity index is 5480. The summed E-state index contributed by atoms with van der Waals surface area (Å²) in [6.07, 6.45) is 8.23. The molecule has 0 radical (unpaired) electrons. The summed E-state index contributed by atoms with van der Waals surface area (Å²) in [7, 11) is 0. The van der Waals surface area contributed by atoms with Gasteiger partial charge in [0, 0.05) is 16.7 Å². The van der Waals surface area contributed by atoms with Gasteiger partial charge in [-0.2, -0.15) is 0 Å². The first-order chi connectivity index (χ1) is 42.1. The minimum absolute atomic E-state index is 0.418. The van der Waals surface area contributed by atoms with Gasteiger partial charge in [0.2, 0.25) is 47.5 Å². The first-order valence-electron chi connectivity index (χ1n) is 27.9. The first kappa shape index (κ1) is 53.8. The maximum Gasteiger partial charge on any atom is 0.224 e. The van der Waals surface area contributed by atoms with Crippen molar-refractivity contribution in [1.82, 2.24) is 18.7 Å². The van der Waals surface area contributed by atoms with Crippen LogP contribution in [0.2, 0.25) is 0 Å². The standard InChI is InChI=1S/3C18H13N4.C17H11N4/c1-11-7-14-10-21-9-13-5-6-15(19-3)17(20-4)18(13)22(21)16(14)8-12(11)2;1-11-7-12(2)14-10-21-9-13-5-6-15(19-3)17(20-4)18(13)22(21)16(14)8-11;1-11-7-12(2)17-14(8-11)10-21-9-13-5-6-15(19-3)16(20-4)18(13)22(17)21;1-11-5-4-6-12-9-20-10-13-7-8-14(18-2)15(19-3)17(13)21(20)16(11)12/h3*5-9H,10H2,1-2H3;4-8,10H,9H2,1H3/q4*+1. The number of aromatic nitrogens is 8. The number of hydrogen-bond donors (Lipinski definition) is 0. The Morgan fingerprint density at radius 3 is 1.20 bits per heavy atom. The molecule has 0 N–H and O–H groups in total. The lowest BCUT2D eigenvalue weighted by Gasteiger charge is -2.06. The van der Waals surface area contributed by atoms with Crippen LogP contribution in [-0.4, -0.2) is 18.7 Å². The van der Waals surface area contributed by atoms with Crippen molar-refractivity contribution in [3.8, 4) is 22.7 Å². The van der Waals surface area contributed by atoms with Gasteiger partial charge in [-0.1, -0.05) is 84.4 Å². The van der Waals surface area contributed by atoms with Crippen molar-refractivity contribution >= 4 is 89.1 Å². The van der Waals surface area contributed by atoms with Crippen LogP contribution in [0.25, 0.3) is 105 Å². The number of hydrogen-bond acceptors (Lipinski definition) is 0. The number of para-hydroxylation sites is 1. The molecular formula is C71H50N16+4. The van der Waals surface area contributed by atoms with E-state index < -0.39 is 0 Å². The van der Waals surface area contributed by atoms with Crippen LogP contribution in [0.3, 0.4) is 0 Å². The fourth-order valence-electron chi connectivity index (χ4n) is 13.2. The number of fused-ring (bicyclic) bond motifs is 20. The molecule has 0 spiro atoms. The fraction of sp³-hybridized carbons (Fsp3) is 0.155. The largest absolute Gasteiger partial charge is 0.250 e. The quantitative estimate of drug-likeness (QED) is 0.107. The zero-order valence-electron chi connectivity index (χ0n) is 48.6. The summed E-state index contributed by atoms with van der Waals surface area (Å²) >= 11 is 0.